The summed E-state index contributed by atoms with van der Waals surface area (Å²) in [6.45, 7) is 2.13. The van der Waals surface area contributed by atoms with E-state index in [1.165, 1.54) is 0 Å². The van der Waals surface area contributed by atoms with Crippen LogP contribution in [-0.2, 0) is 11.3 Å². The summed E-state index contributed by atoms with van der Waals surface area (Å²) in [5.74, 6) is 1.27. The van der Waals surface area contributed by atoms with E-state index < -0.39 is 6.10 Å². The molecule has 0 spiro atoms. The van der Waals surface area contributed by atoms with E-state index >= 15 is 0 Å². The number of methoxy groups -OCH3 is 1. The van der Waals surface area contributed by atoms with Crippen molar-refractivity contribution < 1.29 is 14.3 Å². The zero-order valence-electron chi connectivity index (χ0n) is 12.2. The fourth-order valence-electron chi connectivity index (χ4n) is 1.93. The van der Waals surface area contributed by atoms with Crippen LogP contribution in [0.2, 0.25) is 0 Å². The summed E-state index contributed by atoms with van der Waals surface area (Å²) in [6, 6.07) is 16.9. The fourth-order valence-corrected chi connectivity index (χ4v) is 1.93. The average molecular weight is 285 g/mol. The highest BCUT2D eigenvalue weighted by Gasteiger charge is 2.14. The van der Waals surface area contributed by atoms with Gasteiger partial charge in [0.15, 0.2) is 6.10 Å². The number of hydrogen-bond acceptors (Lipinski definition) is 3. The number of carbonyl (C=O) groups excluding carboxylic acids is 1. The second-order valence-corrected chi connectivity index (χ2v) is 4.60. The Hall–Kier alpha value is -2.49. The monoisotopic (exact) mass is 285 g/mol. The molecule has 1 atom stereocenters. The highest BCUT2D eigenvalue weighted by atomic mass is 16.5. The number of amides is 1. The van der Waals surface area contributed by atoms with Gasteiger partial charge < -0.3 is 14.8 Å². The highest BCUT2D eigenvalue weighted by molar-refractivity contribution is 5.80. The van der Waals surface area contributed by atoms with Crippen LogP contribution in [-0.4, -0.2) is 19.1 Å². The molecule has 2 aromatic carbocycles. The van der Waals surface area contributed by atoms with Crippen LogP contribution < -0.4 is 14.8 Å². The van der Waals surface area contributed by atoms with E-state index in [1.807, 2.05) is 54.6 Å². The minimum atomic E-state index is -0.554. The number of para-hydroxylation sites is 2. The van der Waals surface area contributed by atoms with Gasteiger partial charge in [0, 0.05) is 12.1 Å². The van der Waals surface area contributed by atoms with Gasteiger partial charge in [0.25, 0.3) is 5.91 Å². The molecular formula is C17H19NO3. The van der Waals surface area contributed by atoms with E-state index in [-0.39, 0.29) is 5.91 Å². The lowest BCUT2D eigenvalue weighted by Gasteiger charge is -2.15. The van der Waals surface area contributed by atoms with Crippen molar-refractivity contribution in [2.45, 2.75) is 19.6 Å². The second kappa shape index (κ2) is 7.33. The molecule has 0 saturated heterocycles. The standard InChI is InChI=1S/C17H19NO3/c1-13(21-15-9-4-3-5-10-15)17(19)18-12-14-8-6-7-11-16(14)20-2/h3-11,13H,12H2,1-2H3,(H,18,19)/t13-/m1/s1. The molecule has 0 aliphatic carbocycles. The fraction of sp³-hybridized carbons (Fsp3) is 0.235. The largest absolute Gasteiger partial charge is 0.496 e. The topological polar surface area (TPSA) is 47.6 Å². The normalized spacial score (nSPS) is 11.5. The zero-order chi connectivity index (χ0) is 15.1. The number of carbonyl (C=O) groups is 1. The van der Waals surface area contributed by atoms with Crippen molar-refractivity contribution in [1.82, 2.24) is 5.32 Å². The molecule has 110 valence electrons. The maximum absolute atomic E-state index is 12.0. The molecule has 1 amide bonds. The van der Waals surface area contributed by atoms with Crippen LogP contribution in [0.25, 0.3) is 0 Å². The van der Waals surface area contributed by atoms with Crippen LogP contribution >= 0.6 is 0 Å². The van der Waals surface area contributed by atoms with Crippen molar-refractivity contribution in [3.8, 4) is 11.5 Å². The van der Waals surface area contributed by atoms with Crippen molar-refractivity contribution in [3.63, 3.8) is 0 Å². The lowest BCUT2D eigenvalue weighted by atomic mass is 10.2. The maximum Gasteiger partial charge on any atom is 0.261 e. The van der Waals surface area contributed by atoms with Crippen LogP contribution in [0.3, 0.4) is 0 Å². The van der Waals surface area contributed by atoms with Crippen LogP contribution in [0.5, 0.6) is 11.5 Å². The average Bonchev–Trinajstić information content (AvgIpc) is 2.53. The van der Waals surface area contributed by atoms with Gasteiger partial charge >= 0.3 is 0 Å². The van der Waals surface area contributed by atoms with Gasteiger partial charge in [-0.15, -0.1) is 0 Å². The summed E-state index contributed by atoms with van der Waals surface area (Å²) >= 11 is 0. The molecule has 2 aromatic rings. The van der Waals surface area contributed by atoms with E-state index in [9.17, 15) is 4.79 Å². The molecule has 21 heavy (non-hydrogen) atoms. The maximum atomic E-state index is 12.0. The van der Waals surface area contributed by atoms with Crippen molar-refractivity contribution in [2.24, 2.45) is 0 Å². The van der Waals surface area contributed by atoms with Gasteiger partial charge in [-0.3, -0.25) is 4.79 Å². The molecule has 2 rings (SSSR count). The Balaban J connectivity index is 1.89. The van der Waals surface area contributed by atoms with Crippen LogP contribution in [0.15, 0.2) is 54.6 Å². The third-order valence-corrected chi connectivity index (χ3v) is 3.07. The van der Waals surface area contributed by atoms with Gasteiger partial charge in [-0.25, -0.2) is 0 Å². The Labute approximate surface area is 124 Å². The van der Waals surface area contributed by atoms with Crippen molar-refractivity contribution in [3.05, 3.63) is 60.2 Å². The summed E-state index contributed by atoms with van der Waals surface area (Å²) in [5.41, 5.74) is 0.931. The van der Waals surface area contributed by atoms with Gasteiger partial charge in [0.2, 0.25) is 0 Å². The van der Waals surface area contributed by atoms with E-state index in [1.54, 1.807) is 14.0 Å². The van der Waals surface area contributed by atoms with Crippen molar-refractivity contribution in [2.75, 3.05) is 7.11 Å². The molecule has 4 heteroatoms. The van der Waals surface area contributed by atoms with Gasteiger partial charge in [-0.05, 0) is 25.1 Å². The molecule has 0 fully saturated rings. The molecule has 0 heterocycles. The van der Waals surface area contributed by atoms with E-state index in [0.29, 0.717) is 12.3 Å². The van der Waals surface area contributed by atoms with Crippen LogP contribution in [0.1, 0.15) is 12.5 Å². The predicted molar refractivity (Wildman–Crippen MR) is 81.4 cm³/mol. The Morgan fingerprint density at radius 2 is 1.76 bits per heavy atom. The first kappa shape index (κ1) is 14.9. The minimum absolute atomic E-state index is 0.162. The van der Waals surface area contributed by atoms with Crippen LogP contribution in [0.4, 0.5) is 0 Å². The second-order valence-electron chi connectivity index (χ2n) is 4.60. The minimum Gasteiger partial charge on any atom is -0.496 e. The number of hydrogen-bond donors (Lipinski definition) is 1. The summed E-state index contributed by atoms with van der Waals surface area (Å²) in [6.07, 6.45) is -0.554. The van der Waals surface area contributed by atoms with Gasteiger partial charge in [0.1, 0.15) is 11.5 Å². The molecule has 0 aliphatic heterocycles. The lowest BCUT2D eigenvalue weighted by molar-refractivity contribution is -0.127. The van der Waals surface area contributed by atoms with Gasteiger partial charge in [-0.2, -0.15) is 0 Å². The first-order valence-electron chi connectivity index (χ1n) is 6.82. The summed E-state index contributed by atoms with van der Waals surface area (Å²) in [7, 11) is 1.61. The van der Waals surface area contributed by atoms with Crippen molar-refractivity contribution >= 4 is 5.91 Å². The molecule has 0 bridgehead atoms. The van der Waals surface area contributed by atoms with E-state index in [4.69, 9.17) is 9.47 Å². The number of nitrogens with one attached hydrogen (secondary N) is 1. The summed E-state index contributed by atoms with van der Waals surface area (Å²) in [4.78, 5) is 12.0. The Kier molecular flexibility index (Phi) is 5.21. The van der Waals surface area contributed by atoms with Crippen LogP contribution in [0, 0.1) is 0 Å². The summed E-state index contributed by atoms with van der Waals surface area (Å²) in [5, 5.41) is 2.85. The predicted octanol–water partition coefficient (Wildman–Crippen LogP) is 2.78. The highest BCUT2D eigenvalue weighted by Crippen LogP contribution is 2.17. The molecule has 0 unspecified atom stereocenters. The molecule has 0 saturated carbocycles. The van der Waals surface area contributed by atoms with E-state index in [0.717, 1.165) is 11.3 Å². The summed E-state index contributed by atoms with van der Waals surface area (Å²) < 4.78 is 10.8. The third kappa shape index (κ3) is 4.24. The lowest BCUT2D eigenvalue weighted by Crippen LogP contribution is -2.35. The number of rotatable bonds is 6. The Morgan fingerprint density at radius 1 is 1.10 bits per heavy atom. The van der Waals surface area contributed by atoms with Gasteiger partial charge in [0.05, 0.1) is 7.11 Å². The van der Waals surface area contributed by atoms with Gasteiger partial charge in [-0.1, -0.05) is 36.4 Å². The van der Waals surface area contributed by atoms with Crippen molar-refractivity contribution in [1.29, 1.82) is 0 Å². The molecule has 0 aromatic heterocycles. The Bertz CT molecular complexity index is 584. The first-order chi connectivity index (χ1) is 10.2. The Morgan fingerprint density at radius 3 is 2.48 bits per heavy atom. The molecular weight excluding hydrogens is 266 g/mol. The molecule has 0 radical (unpaired) electrons. The zero-order valence-corrected chi connectivity index (χ0v) is 12.2. The quantitative estimate of drug-likeness (QED) is 0.887. The number of benzene rings is 2. The molecule has 0 aliphatic rings. The number of ether oxygens (including phenoxy) is 2. The SMILES string of the molecule is COc1ccccc1CNC(=O)[C@@H](C)Oc1ccccc1. The molecule has 4 nitrogen and oxygen atoms in total. The smallest absolute Gasteiger partial charge is 0.261 e. The molecule has 1 N–H and O–H groups in total. The third-order valence-electron chi connectivity index (χ3n) is 3.07. The van der Waals surface area contributed by atoms with E-state index in [2.05, 4.69) is 5.32 Å². The first-order valence-corrected chi connectivity index (χ1v) is 6.82.